The molecule has 0 fully saturated rings. The number of para-hydroxylation sites is 1. The van der Waals surface area contributed by atoms with Gasteiger partial charge in [-0.2, -0.15) is 0 Å². The van der Waals surface area contributed by atoms with Crippen molar-refractivity contribution in [1.82, 2.24) is 4.57 Å². The Hall–Kier alpha value is -4.76. The van der Waals surface area contributed by atoms with Gasteiger partial charge in [-0.1, -0.05) is 72.0 Å². The Bertz CT molecular complexity index is 1910. The number of rotatable bonds is 6. The summed E-state index contributed by atoms with van der Waals surface area (Å²) in [7, 11) is 1.56. The molecule has 0 unspecified atom stereocenters. The van der Waals surface area contributed by atoms with Crippen molar-refractivity contribution >= 4 is 34.5 Å². The van der Waals surface area contributed by atoms with Gasteiger partial charge in [0, 0.05) is 5.56 Å². The van der Waals surface area contributed by atoms with Crippen LogP contribution in [-0.4, -0.2) is 30.2 Å². The maximum absolute atomic E-state index is 14.3. The van der Waals surface area contributed by atoms with E-state index in [9.17, 15) is 14.4 Å². The van der Waals surface area contributed by atoms with E-state index >= 15 is 0 Å². The molecule has 1 amide bonds. The van der Waals surface area contributed by atoms with Crippen LogP contribution in [0.5, 0.6) is 5.75 Å². The average molecular weight is 566 g/mol. The molecule has 8 nitrogen and oxygen atoms in total. The lowest BCUT2D eigenvalue weighted by Gasteiger charge is -2.25. The molecular formula is C32H27N3O5S. The molecule has 41 heavy (non-hydrogen) atoms. The fraction of sp³-hybridized carbons (Fsp3) is 0.188. The van der Waals surface area contributed by atoms with E-state index in [1.54, 1.807) is 38.0 Å². The Labute approximate surface area is 240 Å². The van der Waals surface area contributed by atoms with Gasteiger partial charge in [-0.15, -0.1) is 0 Å². The SMILES string of the molecule is CCOC(=O)C1=C(C)N=c2s/c(=C3\C(=O)N(Cc4ccccc4)c4ccccc43)c(=O)n2[C@@H]1c1cccc(OC)c1. The van der Waals surface area contributed by atoms with Crippen molar-refractivity contribution < 1.29 is 19.1 Å². The summed E-state index contributed by atoms with van der Waals surface area (Å²) in [6.07, 6.45) is 0. The van der Waals surface area contributed by atoms with Gasteiger partial charge >= 0.3 is 5.97 Å². The molecule has 6 rings (SSSR count). The third-order valence-electron chi connectivity index (χ3n) is 7.24. The van der Waals surface area contributed by atoms with E-state index in [4.69, 9.17) is 9.47 Å². The lowest BCUT2D eigenvalue weighted by Crippen LogP contribution is -2.41. The molecule has 2 aliphatic rings. The molecular weight excluding hydrogens is 538 g/mol. The van der Waals surface area contributed by atoms with Crippen molar-refractivity contribution in [3.63, 3.8) is 0 Å². The van der Waals surface area contributed by atoms with Crippen LogP contribution >= 0.6 is 11.3 Å². The average Bonchev–Trinajstić information content (AvgIpc) is 3.45. The molecule has 0 N–H and O–H groups in total. The summed E-state index contributed by atoms with van der Waals surface area (Å²) in [6.45, 7) is 4.02. The van der Waals surface area contributed by atoms with Crippen LogP contribution in [-0.2, 0) is 20.9 Å². The number of carbonyl (C=O) groups is 2. The van der Waals surface area contributed by atoms with Crippen LogP contribution in [0.4, 0.5) is 5.69 Å². The van der Waals surface area contributed by atoms with E-state index in [0.29, 0.717) is 39.5 Å². The first-order chi connectivity index (χ1) is 19.9. The van der Waals surface area contributed by atoms with Crippen molar-refractivity contribution in [3.05, 3.63) is 127 Å². The second-order valence-corrected chi connectivity index (χ2v) is 10.6. The summed E-state index contributed by atoms with van der Waals surface area (Å²) >= 11 is 1.16. The summed E-state index contributed by atoms with van der Waals surface area (Å²) in [5, 5.41) is 0. The minimum Gasteiger partial charge on any atom is -0.497 e. The highest BCUT2D eigenvalue weighted by molar-refractivity contribution is 7.07. The van der Waals surface area contributed by atoms with Gasteiger partial charge < -0.3 is 14.4 Å². The molecule has 0 spiro atoms. The van der Waals surface area contributed by atoms with Crippen molar-refractivity contribution in [2.75, 3.05) is 18.6 Å². The fourth-order valence-corrected chi connectivity index (χ4v) is 6.53. The van der Waals surface area contributed by atoms with Crippen LogP contribution in [0.15, 0.2) is 99.9 Å². The molecule has 0 saturated carbocycles. The first kappa shape index (κ1) is 26.5. The largest absolute Gasteiger partial charge is 0.497 e. The van der Waals surface area contributed by atoms with Crippen LogP contribution in [0.3, 0.4) is 0 Å². The van der Waals surface area contributed by atoms with Gasteiger partial charge in [-0.3, -0.25) is 14.2 Å². The molecule has 9 heteroatoms. The van der Waals surface area contributed by atoms with Gasteiger partial charge in [-0.05, 0) is 43.2 Å². The first-order valence-electron chi connectivity index (χ1n) is 13.2. The van der Waals surface area contributed by atoms with Crippen molar-refractivity contribution in [3.8, 4) is 5.75 Å². The minimum atomic E-state index is -0.804. The Morgan fingerprint density at radius 3 is 2.51 bits per heavy atom. The van der Waals surface area contributed by atoms with E-state index in [2.05, 4.69) is 4.99 Å². The minimum absolute atomic E-state index is 0.178. The smallest absolute Gasteiger partial charge is 0.338 e. The molecule has 0 aliphatic carbocycles. The molecule has 1 atom stereocenters. The van der Waals surface area contributed by atoms with Crippen molar-refractivity contribution in [1.29, 1.82) is 0 Å². The molecule has 3 aromatic carbocycles. The predicted molar refractivity (Wildman–Crippen MR) is 156 cm³/mol. The number of thiazole rings is 1. The van der Waals surface area contributed by atoms with Gasteiger partial charge in [-0.25, -0.2) is 9.79 Å². The maximum atomic E-state index is 14.3. The zero-order valence-electron chi connectivity index (χ0n) is 22.8. The molecule has 0 saturated heterocycles. The molecule has 1 aromatic heterocycles. The lowest BCUT2D eigenvalue weighted by molar-refractivity contribution is -0.139. The van der Waals surface area contributed by atoms with Crippen molar-refractivity contribution in [2.24, 2.45) is 4.99 Å². The normalized spacial score (nSPS) is 17.2. The van der Waals surface area contributed by atoms with Gasteiger partial charge in [0.15, 0.2) is 4.80 Å². The molecule has 0 bridgehead atoms. The Morgan fingerprint density at radius 2 is 1.76 bits per heavy atom. The van der Waals surface area contributed by atoms with Gasteiger partial charge in [0.25, 0.3) is 11.5 Å². The van der Waals surface area contributed by atoms with Crippen LogP contribution < -0.4 is 24.5 Å². The van der Waals surface area contributed by atoms with E-state index in [1.165, 1.54) is 4.57 Å². The zero-order chi connectivity index (χ0) is 28.7. The highest BCUT2D eigenvalue weighted by atomic mass is 32.1. The van der Waals surface area contributed by atoms with Crippen molar-refractivity contribution in [2.45, 2.75) is 26.4 Å². The first-order valence-corrected chi connectivity index (χ1v) is 14.1. The number of anilines is 1. The Morgan fingerprint density at radius 1 is 1.00 bits per heavy atom. The number of nitrogens with zero attached hydrogens (tertiary/aromatic N) is 3. The second-order valence-electron chi connectivity index (χ2n) is 9.67. The predicted octanol–water partition coefficient (Wildman–Crippen LogP) is 3.72. The monoisotopic (exact) mass is 565 g/mol. The molecule has 206 valence electrons. The van der Waals surface area contributed by atoms with E-state index in [0.717, 1.165) is 22.6 Å². The summed E-state index contributed by atoms with van der Waals surface area (Å²) in [4.78, 5) is 48.3. The van der Waals surface area contributed by atoms with Crippen LogP contribution in [0, 0.1) is 0 Å². The Kier molecular flexibility index (Phi) is 6.88. The summed E-state index contributed by atoms with van der Waals surface area (Å²) in [5.41, 5.74) is 3.76. The van der Waals surface area contributed by atoms with E-state index in [-0.39, 0.29) is 22.6 Å². The molecule has 0 radical (unpaired) electrons. The third-order valence-corrected chi connectivity index (χ3v) is 8.29. The summed E-state index contributed by atoms with van der Waals surface area (Å²) < 4.78 is 12.6. The number of hydrogen-bond acceptors (Lipinski definition) is 7. The number of amides is 1. The summed E-state index contributed by atoms with van der Waals surface area (Å²) in [6, 6.07) is 23.7. The van der Waals surface area contributed by atoms with Gasteiger partial charge in [0.1, 0.15) is 10.3 Å². The molecule has 2 aliphatic heterocycles. The number of ether oxygens (including phenoxy) is 2. The number of methoxy groups -OCH3 is 1. The van der Waals surface area contributed by atoms with Gasteiger partial charge in [0.05, 0.1) is 48.8 Å². The van der Waals surface area contributed by atoms with E-state index in [1.807, 2.05) is 66.7 Å². The summed E-state index contributed by atoms with van der Waals surface area (Å²) in [5.74, 6) is -0.211. The molecule has 3 heterocycles. The topological polar surface area (TPSA) is 90.2 Å². The quantitative estimate of drug-likeness (QED) is 0.333. The highest BCUT2D eigenvalue weighted by Crippen LogP contribution is 2.37. The highest BCUT2D eigenvalue weighted by Gasteiger charge is 2.37. The number of aromatic nitrogens is 1. The number of allylic oxidation sites excluding steroid dienone is 1. The Balaban J connectivity index is 1.59. The van der Waals surface area contributed by atoms with E-state index < -0.39 is 17.6 Å². The molecule has 4 aromatic rings. The van der Waals surface area contributed by atoms with Crippen LogP contribution in [0.2, 0.25) is 0 Å². The standard InChI is InChI=1S/C32H27N3O5S/c1-4-40-31(38)25-19(2)33-32-35(27(25)21-13-10-14-22(17-21)39-3)30(37)28(41-32)26-23-15-8-9-16-24(23)34(29(26)36)18-20-11-6-5-7-12-20/h5-17,27H,4,18H2,1-3H3/b28-26-/t27-/m1/s1. The maximum Gasteiger partial charge on any atom is 0.338 e. The fourth-order valence-electron chi connectivity index (χ4n) is 5.39. The second kappa shape index (κ2) is 10.7. The zero-order valence-corrected chi connectivity index (χ0v) is 23.6. The third kappa shape index (κ3) is 4.48. The van der Waals surface area contributed by atoms with Crippen LogP contribution in [0.1, 0.15) is 36.6 Å². The number of carbonyl (C=O) groups excluding carboxylic acids is 2. The number of benzene rings is 3. The number of fused-ring (bicyclic) bond motifs is 2. The van der Waals surface area contributed by atoms with Gasteiger partial charge in [0.2, 0.25) is 0 Å². The number of esters is 1. The number of hydrogen-bond donors (Lipinski definition) is 0. The van der Waals surface area contributed by atoms with Crippen LogP contribution in [0.25, 0.3) is 5.57 Å². The lowest BCUT2D eigenvalue weighted by atomic mass is 9.95.